The third kappa shape index (κ3) is 3.13. The molecule has 0 saturated carbocycles. The number of hydrogen-bond donors (Lipinski definition) is 2. The average molecular weight is 245 g/mol. The summed E-state index contributed by atoms with van der Waals surface area (Å²) in [6.45, 7) is 1.12. The first-order valence-corrected chi connectivity index (χ1v) is 5.04. The lowest BCUT2D eigenvalue weighted by atomic mass is 10.2. The zero-order chi connectivity index (χ0) is 13.0. The Balaban J connectivity index is 3.02. The van der Waals surface area contributed by atoms with Crippen molar-refractivity contribution in [2.75, 3.05) is 0 Å². The second-order valence-electron chi connectivity index (χ2n) is 3.46. The summed E-state index contributed by atoms with van der Waals surface area (Å²) in [5.74, 6) is -3.41. The van der Waals surface area contributed by atoms with E-state index in [-0.39, 0.29) is 12.0 Å². The molecule has 0 bridgehead atoms. The van der Waals surface area contributed by atoms with E-state index in [0.29, 0.717) is 0 Å². The van der Waals surface area contributed by atoms with Crippen LogP contribution in [0.1, 0.15) is 18.9 Å². The SMILES string of the molecule is CCC(Oc1c(F)cc(CO)cc1F)C(N)=O. The van der Waals surface area contributed by atoms with Crippen LogP contribution in [0.3, 0.4) is 0 Å². The summed E-state index contributed by atoms with van der Waals surface area (Å²) in [5, 5.41) is 8.75. The number of ether oxygens (including phenoxy) is 1. The highest BCUT2D eigenvalue weighted by Crippen LogP contribution is 2.25. The van der Waals surface area contributed by atoms with E-state index in [1.807, 2.05) is 0 Å². The summed E-state index contributed by atoms with van der Waals surface area (Å²) in [7, 11) is 0. The van der Waals surface area contributed by atoms with Gasteiger partial charge in [0.15, 0.2) is 23.5 Å². The van der Waals surface area contributed by atoms with Crippen molar-refractivity contribution in [3.05, 3.63) is 29.3 Å². The second kappa shape index (κ2) is 5.58. The van der Waals surface area contributed by atoms with Crippen LogP contribution < -0.4 is 10.5 Å². The number of carbonyl (C=O) groups excluding carboxylic acids is 1. The number of carbonyl (C=O) groups is 1. The lowest BCUT2D eigenvalue weighted by Gasteiger charge is -2.15. The molecule has 4 nitrogen and oxygen atoms in total. The fourth-order valence-corrected chi connectivity index (χ4v) is 1.30. The third-order valence-electron chi connectivity index (χ3n) is 2.19. The van der Waals surface area contributed by atoms with Gasteiger partial charge in [0.2, 0.25) is 0 Å². The highest BCUT2D eigenvalue weighted by Gasteiger charge is 2.20. The van der Waals surface area contributed by atoms with Gasteiger partial charge in [-0.2, -0.15) is 0 Å². The smallest absolute Gasteiger partial charge is 0.258 e. The van der Waals surface area contributed by atoms with E-state index < -0.39 is 36.0 Å². The molecule has 0 aliphatic heterocycles. The Morgan fingerprint density at radius 3 is 2.35 bits per heavy atom. The molecule has 1 unspecified atom stereocenters. The Morgan fingerprint density at radius 2 is 2.00 bits per heavy atom. The van der Waals surface area contributed by atoms with E-state index in [9.17, 15) is 13.6 Å². The molecular formula is C11H13F2NO3. The highest BCUT2D eigenvalue weighted by molar-refractivity contribution is 5.79. The first-order chi connectivity index (χ1) is 7.99. The van der Waals surface area contributed by atoms with Gasteiger partial charge in [-0.3, -0.25) is 4.79 Å². The summed E-state index contributed by atoms with van der Waals surface area (Å²) in [6.07, 6.45) is -0.880. The van der Waals surface area contributed by atoms with Crippen LogP contribution in [-0.2, 0) is 11.4 Å². The second-order valence-corrected chi connectivity index (χ2v) is 3.46. The van der Waals surface area contributed by atoms with Crippen molar-refractivity contribution in [1.82, 2.24) is 0 Å². The van der Waals surface area contributed by atoms with Gasteiger partial charge in [-0.05, 0) is 24.1 Å². The van der Waals surface area contributed by atoms with Gasteiger partial charge in [-0.1, -0.05) is 6.92 Å². The van der Waals surface area contributed by atoms with E-state index in [1.54, 1.807) is 6.92 Å². The maximum Gasteiger partial charge on any atom is 0.258 e. The normalized spacial score (nSPS) is 12.2. The molecule has 94 valence electrons. The number of benzene rings is 1. The maximum atomic E-state index is 13.4. The molecule has 0 fully saturated rings. The Kier molecular flexibility index (Phi) is 4.39. The van der Waals surface area contributed by atoms with E-state index in [2.05, 4.69) is 0 Å². The topological polar surface area (TPSA) is 72.6 Å². The van der Waals surface area contributed by atoms with Gasteiger partial charge in [-0.25, -0.2) is 8.78 Å². The van der Waals surface area contributed by atoms with Gasteiger partial charge >= 0.3 is 0 Å². The molecule has 1 aromatic rings. The minimum Gasteiger partial charge on any atom is -0.474 e. The summed E-state index contributed by atoms with van der Waals surface area (Å²) >= 11 is 0. The van der Waals surface area contributed by atoms with Gasteiger partial charge in [0.25, 0.3) is 5.91 Å². The molecule has 0 saturated heterocycles. The highest BCUT2D eigenvalue weighted by atomic mass is 19.1. The zero-order valence-corrected chi connectivity index (χ0v) is 9.24. The quantitative estimate of drug-likeness (QED) is 0.815. The molecule has 17 heavy (non-hydrogen) atoms. The average Bonchev–Trinajstić information content (AvgIpc) is 2.27. The summed E-state index contributed by atoms with van der Waals surface area (Å²) < 4.78 is 31.7. The fourth-order valence-electron chi connectivity index (χ4n) is 1.30. The van der Waals surface area contributed by atoms with Crippen LogP contribution in [0.2, 0.25) is 0 Å². The molecule has 0 aliphatic rings. The van der Waals surface area contributed by atoms with Gasteiger partial charge in [0, 0.05) is 0 Å². The largest absolute Gasteiger partial charge is 0.474 e. The number of aliphatic hydroxyl groups is 1. The number of nitrogens with two attached hydrogens (primary N) is 1. The molecule has 0 spiro atoms. The number of halogens is 2. The lowest BCUT2D eigenvalue weighted by molar-refractivity contribution is -0.124. The van der Waals surface area contributed by atoms with Crippen molar-refractivity contribution in [3.8, 4) is 5.75 Å². The van der Waals surface area contributed by atoms with Crippen LogP contribution in [0.5, 0.6) is 5.75 Å². The maximum absolute atomic E-state index is 13.4. The molecule has 0 aliphatic carbocycles. The Morgan fingerprint density at radius 1 is 1.47 bits per heavy atom. The van der Waals surface area contributed by atoms with E-state index in [4.69, 9.17) is 15.6 Å². The summed E-state index contributed by atoms with van der Waals surface area (Å²) in [6, 6.07) is 1.87. The van der Waals surface area contributed by atoms with E-state index in [0.717, 1.165) is 12.1 Å². The lowest BCUT2D eigenvalue weighted by Crippen LogP contribution is -2.33. The minimum absolute atomic E-state index is 0.0828. The minimum atomic E-state index is -1.08. The number of rotatable bonds is 5. The van der Waals surface area contributed by atoms with Gasteiger partial charge in [0.05, 0.1) is 6.61 Å². The first kappa shape index (κ1) is 13.4. The molecule has 1 rings (SSSR count). The van der Waals surface area contributed by atoms with Crippen LogP contribution in [-0.4, -0.2) is 17.1 Å². The third-order valence-corrected chi connectivity index (χ3v) is 2.19. The Bertz CT molecular complexity index is 400. The standard InChI is InChI=1S/C11H13F2NO3/c1-2-9(11(14)16)17-10-7(12)3-6(5-15)4-8(10)13/h3-4,9,15H,2,5H2,1H3,(H2,14,16). The van der Waals surface area contributed by atoms with E-state index >= 15 is 0 Å². The predicted octanol–water partition coefficient (Wildman–Crippen LogP) is 1.10. The van der Waals surface area contributed by atoms with Crippen molar-refractivity contribution in [2.45, 2.75) is 26.1 Å². The van der Waals surface area contributed by atoms with Crippen LogP contribution in [0.25, 0.3) is 0 Å². The molecule has 0 heterocycles. The van der Waals surface area contributed by atoms with Crippen molar-refractivity contribution in [3.63, 3.8) is 0 Å². The van der Waals surface area contributed by atoms with Crippen molar-refractivity contribution < 1.29 is 23.4 Å². The number of aliphatic hydroxyl groups excluding tert-OH is 1. The van der Waals surface area contributed by atoms with Crippen LogP contribution in [0.4, 0.5) is 8.78 Å². The zero-order valence-electron chi connectivity index (χ0n) is 9.24. The summed E-state index contributed by atoms with van der Waals surface area (Å²) in [5.41, 5.74) is 5.09. The molecule has 0 aromatic heterocycles. The fraction of sp³-hybridized carbons (Fsp3) is 0.364. The molecule has 1 atom stereocenters. The van der Waals surface area contributed by atoms with Crippen molar-refractivity contribution in [1.29, 1.82) is 0 Å². The van der Waals surface area contributed by atoms with Gasteiger partial charge in [0.1, 0.15) is 0 Å². The summed E-state index contributed by atoms with van der Waals surface area (Å²) in [4.78, 5) is 10.9. The van der Waals surface area contributed by atoms with Crippen molar-refractivity contribution in [2.24, 2.45) is 5.73 Å². The Labute approximate surface area is 97.0 Å². The van der Waals surface area contributed by atoms with Gasteiger partial charge < -0.3 is 15.6 Å². The molecular weight excluding hydrogens is 232 g/mol. The van der Waals surface area contributed by atoms with E-state index in [1.165, 1.54) is 0 Å². The van der Waals surface area contributed by atoms with Crippen molar-refractivity contribution >= 4 is 5.91 Å². The molecule has 3 N–H and O–H groups in total. The predicted molar refractivity (Wildman–Crippen MR) is 56.2 cm³/mol. The van der Waals surface area contributed by atoms with Crippen LogP contribution in [0.15, 0.2) is 12.1 Å². The Hall–Kier alpha value is -1.69. The van der Waals surface area contributed by atoms with Crippen LogP contribution in [0, 0.1) is 11.6 Å². The molecule has 1 amide bonds. The monoisotopic (exact) mass is 245 g/mol. The number of hydrogen-bond acceptors (Lipinski definition) is 3. The molecule has 1 aromatic carbocycles. The first-order valence-electron chi connectivity index (χ1n) is 5.04. The number of primary amides is 1. The molecule has 0 radical (unpaired) electrons. The van der Waals surface area contributed by atoms with Crippen LogP contribution >= 0.6 is 0 Å². The number of amides is 1. The van der Waals surface area contributed by atoms with Gasteiger partial charge in [-0.15, -0.1) is 0 Å². The molecule has 6 heteroatoms.